The number of fused-ring (bicyclic) bond motifs is 1. The van der Waals surface area contributed by atoms with E-state index in [1.807, 2.05) is 6.07 Å². The van der Waals surface area contributed by atoms with Gasteiger partial charge in [0.05, 0.1) is 21.5 Å². The van der Waals surface area contributed by atoms with Crippen LogP contribution in [0.3, 0.4) is 0 Å². The summed E-state index contributed by atoms with van der Waals surface area (Å²) in [6.07, 6.45) is -1.21. The Labute approximate surface area is 159 Å². The monoisotopic (exact) mass is 399 g/mol. The highest BCUT2D eigenvalue weighted by atomic mass is 35.5. The lowest BCUT2D eigenvalue weighted by Gasteiger charge is -2.15. The molecule has 1 unspecified atom stereocenters. The average molecular weight is 400 g/mol. The summed E-state index contributed by atoms with van der Waals surface area (Å²) in [5.41, 5.74) is 1.77. The van der Waals surface area contributed by atoms with Crippen LogP contribution in [-0.2, 0) is 23.8 Å². The van der Waals surface area contributed by atoms with E-state index in [1.165, 1.54) is 22.9 Å². The predicted octanol–water partition coefficient (Wildman–Crippen LogP) is 5.97. The maximum atomic E-state index is 12.8. The highest BCUT2D eigenvalue weighted by Gasteiger charge is 2.31. The summed E-state index contributed by atoms with van der Waals surface area (Å²) in [5, 5.41) is 2.10. The fraction of sp³-hybridized carbons (Fsp3) is 0.316. The topological polar surface area (TPSA) is 29.1 Å². The zero-order valence-electron chi connectivity index (χ0n) is 14.0. The lowest BCUT2D eigenvalue weighted by Crippen LogP contribution is -2.23. The van der Waals surface area contributed by atoms with E-state index in [-0.39, 0.29) is 10.7 Å². The third-order valence-electron chi connectivity index (χ3n) is 4.30. The molecule has 1 aliphatic rings. The summed E-state index contributed by atoms with van der Waals surface area (Å²) < 4.78 is 38.5. The third-order valence-corrected chi connectivity index (χ3v) is 5.73. The molecule has 0 bridgehead atoms. The van der Waals surface area contributed by atoms with E-state index in [2.05, 4.69) is 17.4 Å². The molecule has 1 amide bonds. The first-order valence-electron chi connectivity index (χ1n) is 8.20. The van der Waals surface area contributed by atoms with Gasteiger partial charge < -0.3 is 5.32 Å². The van der Waals surface area contributed by atoms with Gasteiger partial charge in [0, 0.05) is 4.90 Å². The van der Waals surface area contributed by atoms with E-state index >= 15 is 0 Å². The molecular weight excluding hydrogens is 383 g/mol. The van der Waals surface area contributed by atoms with Crippen molar-refractivity contribution in [2.24, 2.45) is 0 Å². The number of carbonyl (C=O) groups excluding carboxylic acids is 1. The van der Waals surface area contributed by atoms with Crippen molar-refractivity contribution in [3.8, 4) is 0 Å². The Morgan fingerprint density at radius 3 is 2.62 bits per heavy atom. The maximum absolute atomic E-state index is 12.8. The number of nitrogens with one attached hydrogen (secondary N) is 1. The predicted molar refractivity (Wildman–Crippen MR) is 98.9 cm³/mol. The molecule has 0 saturated carbocycles. The van der Waals surface area contributed by atoms with Crippen LogP contribution < -0.4 is 5.32 Å². The van der Waals surface area contributed by atoms with Gasteiger partial charge in [-0.25, -0.2) is 0 Å². The van der Waals surface area contributed by atoms with Crippen molar-refractivity contribution in [1.29, 1.82) is 0 Å². The molecule has 1 N–H and O–H groups in total. The van der Waals surface area contributed by atoms with Crippen LogP contribution in [0.15, 0.2) is 41.3 Å². The normalized spacial score (nSPS) is 14.8. The van der Waals surface area contributed by atoms with E-state index < -0.39 is 22.9 Å². The summed E-state index contributed by atoms with van der Waals surface area (Å²) in [7, 11) is 0. The number of rotatable bonds is 4. The molecule has 0 saturated heterocycles. The first-order chi connectivity index (χ1) is 12.2. The number of hydrogen-bond donors (Lipinski definition) is 1. The third kappa shape index (κ3) is 4.35. The Kier molecular flexibility index (Phi) is 5.53. The summed E-state index contributed by atoms with van der Waals surface area (Å²) in [4.78, 5) is 13.4. The molecule has 0 heterocycles. The number of carbonyl (C=O) groups is 1. The van der Waals surface area contributed by atoms with Crippen molar-refractivity contribution >= 4 is 35.0 Å². The Morgan fingerprint density at radius 2 is 1.88 bits per heavy atom. The van der Waals surface area contributed by atoms with E-state index in [1.54, 1.807) is 6.92 Å². The fourth-order valence-electron chi connectivity index (χ4n) is 2.91. The Hall–Kier alpha value is -1.66. The van der Waals surface area contributed by atoms with Crippen molar-refractivity contribution in [2.45, 2.75) is 42.5 Å². The molecule has 2 aromatic carbocycles. The van der Waals surface area contributed by atoms with Gasteiger partial charge in [-0.05, 0) is 67.6 Å². The highest BCUT2D eigenvalue weighted by Crippen LogP contribution is 2.35. The number of halogens is 4. The fourth-order valence-corrected chi connectivity index (χ4v) is 4.01. The van der Waals surface area contributed by atoms with Crippen molar-refractivity contribution in [3.05, 3.63) is 58.1 Å². The molecule has 0 fully saturated rings. The second-order valence-corrected chi connectivity index (χ2v) is 8.05. The largest absolute Gasteiger partial charge is 0.416 e. The van der Waals surface area contributed by atoms with Crippen molar-refractivity contribution < 1.29 is 18.0 Å². The molecule has 0 aromatic heterocycles. The second-order valence-electron chi connectivity index (χ2n) is 6.23. The van der Waals surface area contributed by atoms with Gasteiger partial charge in [0.25, 0.3) is 0 Å². The van der Waals surface area contributed by atoms with Crippen molar-refractivity contribution in [3.63, 3.8) is 0 Å². The number of amides is 1. The van der Waals surface area contributed by atoms with Crippen LogP contribution in [0.5, 0.6) is 0 Å². The first kappa shape index (κ1) is 19.1. The molecule has 2 aromatic rings. The van der Waals surface area contributed by atoms with Crippen molar-refractivity contribution in [2.75, 3.05) is 5.32 Å². The summed E-state index contributed by atoms with van der Waals surface area (Å²) in [5.74, 6) is -0.392. The van der Waals surface area contributed by atoms with Crippen LogP contribution in [0.4, 0.5) is 18.9 Å². The Morgan fingerprint density at radius 1 is 1.15 bits per heavy atom. The lowest BCUT2D eigenvalue weighted by molar-refractivity contribution is -0.137. The van der Waals surface area contributed by atoms with E-state index in [4.69, 9.17) is 11.6 Å². The minimum atomic E-state index is -4.49. The Balaban J connectivity index is 1.70. The quantitative estimate of drug-likeness (QED) is 0.642. The van der Waals surface area contributed by atoms with E-state index in [0.717, 1.165) is 42.4 Å². The van der Waals surface area contributed by atoms with Gasteiger partial charge in [0.15, 0.2) is 0 Å². The number of anilines is 1. The minimum absolute atomic E-state index is 0.0344. The SMILES string of the molecule is CC(Sc1ccc2c(c1)CCC2)C(=O)Nc1cc(C(F)(F)F)ccc1Cl. The molecule has 7 heteroatoms. The molecule has 1 atom stereocenters. The lowest BCUT2D eigenvalue weighted by atomic mass is 10.1. The van der Waals surface area contributed by atoms with Crippen molar-refractivity contribution in [1.82, 2.24) is 0 Å². The Bertz CT molecular complexity index is 838. The maximum Gasteiger partial charge on any atom is 0.416 e. The standard InChI is InChI=1S/C19H17ClF3NOS/c1-11(26-15-7-5-12-3-2-4-13(12)9-15)18(25)24-17-10-14(19(21,22)23)6-8-16(17)20/h5-11H,2-4H2,1H3,(H,24,25). The van der Waals surface area contributed by atoms with Gasteiger partial charge in [0.2, 0.25) is 5.91 Å². The number of thioether (sulfide) groups is 1. The molecule has 138 valence electrons. The van der Waals surface area contributed by atoms with Gasteiger partial charge in [-0.2, -0.15) is 13.2 Å². The van der Waals surface area contributed by atoms with Crippen LogP contribution >= 0.6 is 23.4 Å². The van der Waals surface area contributed by atoms with Gasteiger partial charge in [-0.1, -0.05) is 17.7 Å². The summed E-state index contributed by atoms with van der Waals surface area (Å²) in [6.45, 7) is 1.72. The van der Waals surface area contributed by atoms with Gasteiger partial charge in [-0.3, -0.25) is 4.79 Å². The molecule has 0 spiro atoms. The summed E-state index contributed by atoms with van der Waals surface area (Å²) >= 11 is 7.31. The number of alkyl halides is 3. The number of hydrogen-bond acceptors (Lipinski definition) is 2. The number of aryl methyl sites for hydroxylation is 2. The van der Waals surface area contributed by atoms with Crippen LogP contribution in [-0.4, -0.2) is 11.2 Å². The van der Waals surface area contributed by atoms with E-state index in [9.17, 15) is 18.0 Å². The van der Waals surface area contributed by atoms with E-state index in [0.29, 0.717) is 0 Å². The average Bonchev–Trinajstić information content (AvgIpc) is 3.03. The molecule has 26 heavy (non-hydrogen) atoms. The zero-order chi connectivity index (χ0) is 18.9. The van der Waals surface area contributed by atoms with Gasteiger partial charge in [0.1, 0.15) is 0 Å². The molecule has 1 aliphatic carbocycles. The molecule has 0 radical (unpaired) electrons. The summed E-state index contributed by atoms with van der Waals surface area (Å²) in [6, 6.07) is 9.04. The smallest absolute Gasteiger partial charge is 0.324 e. The molecule has 3 rings (SSSR count). The molecule has 0 aliphatic heterocycles. The molecular formula is C19H17ClF3NOS. The highest BCUT2D eigenvalue weighted by molar-refractivity contribution is 8.00. The van der Waals surface area contributed by atoms with Crippen LogP contribution in [0, 0.1) is 0 Å². The van der Waals surface area contributed by atoms with Crippen LogP contribution in [0.25, 0.3) is 0 Å². The first-order valence-corrected chi connectivity index (χ1v) is 9.46. The van der Waals surface area contributed by atoms with Crippen LogP contribution in [0.2, 0.25) is 5.02 Å². The minimum Gasteiger partial charge on any atom is -0.324 e. The van der Waals surface area contributed by atoms with Crippen LogP contribution in [0.1, 0.15) is 30.0 Å². The number of benzene rings is 2. The zero-order valence-corrected chi connectivity index (χ0v) is 15.6. The van der Waals surface area contributed by atoms with Gasteiger partial charge >= 0.3 is 6.18 Å². The van der Waals surface area contributed by atoms with Gasteiger partial charge in [-0.15, -0.1) is 11.8 Å². The molecule has 2 nitrogen and oxygen atoms in total. The second kappa shape index (κ2) is 7.53.